The highest BCUT2D eigenvalue weighted by Crippen LogP contribution is 2.57. The Labute approximate surface area is 396 Å². The van der Waals surface area contributed by atoms with E-state index in [-0.39, 0.29) is 0 Å². The molecule has 0 saturated carbocycles. The average Bonchev–Trinajstić information content (AvgIpc) is 3.94. The molecule has 0 spiro atoms. The van der Waals surface area contributed by atoms with E-state index in [4.69, 9.17) is 4.42 Å². The Morgan fingerprint density at radius 2 is 0.838 bits per heavy atom. The van der Waals surface area contributed by atoms with Crippen molar-refractivity contribution in [1.29, 1.82) is 0 Å². The average molecular weight is 869 g/mol. The van der Waals surface area contributed by atoms with Crippen LogP contribution in [0.3, 0.4) is 0 Å². The van der Waals surface area contributed by atoms with Gasteiger partial charge in [0.05, 0.1) is 16.5 Å². The Morgan fingerprint density at radius 3 is 1.60 bits per heavy atom. The van der Waals surface area contributed by atoms with Crippen molar-refractivity contribution in [3.63, 3.8) is 0 Å². The van der Waals surface area contributed by atoms with Crippen molar-refractivity contribution in [1.82, 2.24) is 0 Å². The van der Waals surface area contributed by atoms with Gasteiger partial charge in [-0.1, -0.05) is 194 Å². The molecule has 0 radical (unpaired) electrons. The minimum Gasteiger partial charge on any atom is -0.456 e. The third-order valence-electron chi connectivity index (χ3n) is 13.9. The van der Waals surface area contributed by atoms with Crippen molar-refractivity contribution in [3.05, 3.63) is 289 Å². The molecule has 0 atom stereocenters. The van der Waals surface area contributed by atoms with Gasteiger partial charge in [0.2, 0.25) is 0 Å². The molecule has 0 aliphatic heterocycles. The molecule has 68 heavy (non-hydrogen) atoms. The van der Waals surface area contributed by atoms with E-state index in [1.807, 2.05) is 6.07 Å². The Balaban J connectivity index is 1.04. The van der Waals surface area contributed by atoms with Crippen LogP contribution in [0.5, 0.6) is 0 Å². The fourth-order valence-corrected chi connectivity index (χ4v) is 10.9. The summed E-state index contributed by atoms with van der Waals surface area (Å²) in [5, 5.41) is 4.53. The van der Waals surface area contributed by atoms with Crippen LogP contribution in [0.4, 0.5) is 34.1 Å². The van der Waals surface area contributed by atoms with Gasteiger partial charge in [-0.15, -0.1) is 0 Å². The van der Waals surface area contributed by atoms with Crippen molar-refractivity contribution >= 4 is 66.8 Å². The fourth-order valence-electron chi connectivity index (χ4n) is 10.9. The second-order valence-electron chi connectivity index (χ2n) is 17.6. The summed E-state index contributed by atoms with van der Waals surface area (Å²) < 4.78 is 6.51. The third kappa shape index (κ3) is 6.35. The van der Waals surface area contributed by atoms with Crippen LogP contribution >= 0.6 is 0 Å². The summed E-state index contributed by atoms with van der Waals surface area (Å²) in [6.07, 6.45) is 0. The van der Waals surface area contributed by atoms with Crippen molar-refractivity contribution in [2.75, 3.05) is 9.80 Å². The highest BCUT2D eigenvalue weighted by molar-refractivity contribution is 6.13. The molecule has 11 aromatic carbocycles. The Bertz CT molecular complexity index is 3770. The lowest BCUT2D eigenvalue weighted by molar-refractivity contribution is 0.669. The van der Waals surface area contributed by atoms with Crippen LogP contribution in [-0.4, -0.2) is 0 Å². The first-order chi connectivity index (χ1) is 33.7. The van der Waals surface area contributed by atoms with E-state index in [1.165, 1.54) is 55.3 Å². The van der Waals surface area contributed by atoms with E-state index < -0.39 is 5.41 Å². The van der Waals surface area contributed by atoms with E-state index in [2.05, 4.69) is 271 Å². The van der Waals surface area contributed by atoms with Gasteiger partial charge < -0.3 is 14.2 Å². The maximum absolute atomic E-state index is 6.51. The minimum atomic E-state index is -0.548. The summed E-state index contributed by atoms with van der Waals surface area (Å²) in [7, 11) is 0. The smallest absolute Gasteiger partial charge is 0.137 e. The normalized spacial score (nSPS) is 12.5. The van der Waals surface area contributed by atoms with E-state index in [9.17, 15) is 0 Å². The Kier molecular flexibility index (Phi) is 9.40. The van der Waals surface area contributed by atoms with Crippen molar-refractivity contribution in [3.8, 4) is 22.3 Å². The summed E-state index contributed by atoms with van der Waals surface area (Å²) in [5.41, 5.74) is 17.4. The monoisotopic (exact) mass is 868 g/mol. The SMILES string of the molecule is c1ccc(-c2ccc(N(c3cccc(N(c4ccc5ccccc5c4)c4cccc5oc6ccccc6c45)c3)c3cccc(C4(c5ccccc5)c5ccccc5-c5ccccc54)c3)cc2)cc1. The first kappa shape index (κ1) is 39.4. The molecular weight excluding hydrogens is 825 g/mol. The molecular formula is C65H44N2O. The molecule has 1 aliphatic rings. The van der Waals surface area contributed by atoms with Gasteiger partial charge in [0, 0.05) is 33.8 Å². The molecule has 0 fully saturated rings. The number of anilines is 6. The number of furan rings is 1. The quantitative estimate of drug-likeness (QED) is 0.144. The van der Waals surface area contributed by atoms with Crippen molar-refractivity contribution < 1.29 is 4.42 Å². The zero-order chi connectivity index (χ0) is 45.0. The van der Waals surface area contributed by atoms with Gasteiger partial charge in [0.1, 0.15) is 11.2 Å². The van der Waals surface area contributed by atoms with E-state index in [0.29, 0.717) is 0 Å². The number of benzene rings is 11. The van der Waals surface area contributed by atoms with Gasteiger partial charge in [-0.2, -0.15) is 0 Å². The maximum atomic E-state index is 6.51. The summed E-state index contributed by atoms with van der Waals surface area (Å²) in [4.78, 5) is 4.81. The highest BCUT2D eigenvalue weighted by Gasteiger charge is 2.46. The second kappa shape index (κ2) is 16.2. The van der Waals surface area contributed by atoms with Crippen LogP contribution in [-0.2, 0) is 5.41 Å². The maximum Gasteiger partial charge on any atom is 0.137 e. The molecule has 320 valence electrons. The third-order valence-corrected chi connectivity index (χ3v) is 13.9. The van der Waals surface area contributed by atoms with Crippen LogP contribution in [0.15, 0.2) is 271 Å². The predicted octanol–water partition coefficient (Wildman–Crippen LogP) is 17.7. The lowest BCUT2D eigenvalue weighted by atomic mass is 9.67. The molecule has 1 aromatic heterocycles. The molecule has 0 N–H and O–H groups in total. The highest BCUT2D eigenvalue weighted by atomic mass is 16.3. The van der Waals surface area contributed by atoms with Gasteiger partial charge in [-0.3, -0.25) is 0 Å². The van der Waals surface area contributed by atoms with Gasteiger partial charge >= 0.3 is 0 Å². The number of fused-ring (bicyclic) bond motifs is 7. The first-order valence-electron chi connectivity index (χ1n) is 23.3. The number of para-hydroxylation sites is 1. The van der Waals surface area contributed by atoms with E-state index in [1.54, 1.807) is 0 Å². The largest absolute Gasteiger partial charge is 0.456 e. The summed E-state index contributed by atoms with van der Waals surface area (Å²) in [6.45, 7) is 0. The second-order valence-corrected chi connectivity index (χ2v) is 17.6. The minimum absolute atomic E-state index is 0.548. The zero-order valence-corrected chi connectivity index (χ0v) is 37.2. The Hall–Kier alpha value is -8.92. The number of rotatable bonds is 9. The molecule has 0 unspecified atom stereocenters. The number of hydrogen-bond donors (Lipinski definition) is 0. The molecule has 0 saturated heterocycles. The van der Waals surface area contributed by atoms with Crippen LogP contribution in [0.2, 0.25) is 0 Å². The number of nitrogens with zero attached hydrogens (tertiary/aromatic N) is 2. The van der Waals surface area contributed by atoms with Gasteiger partial charge in [-0.05, 0) is 128 Å². The van der Waals surface area contributed by atoms with Crippen molar-refractivity contribution in [2.24, 2.45) is 0 Å². The van der Waals surface area contributed by atoms with Crippen LogP contribution in [0.1, 0.15) is 22.3 Å². The van der Waals surface area contributed by atoms with E-state index >= 15 is 0 Å². The number of hydrogen-bond acceptors (Lipinski definition) is 3. The van der Waals surface area contributed by atoms with Crippen LogP contribution in [0.25, 0.3) is 55.0 Å². The fraction of sp³-hybridized carbons (Fsp3) is 0.0154. The van der Waals surface area contributed by atoms with Crippen LogP contribution < -0.4 is 9.80 Å². The van der Waals surface area contributed by atoms with Gasteiger partial charge in [-0.25, -0.2) is 0 Å². The topological polar surface area (TPSA) is 19.6 Å². The molecule has 1 aliphatic carbocycles. The first-order valence-corrected chi connectivity index (χ1v) is 23.3. The molecule has 12 aromatic rings. The van der Waals surface area contributed by atoms with Crippen molar-refractivity contribution in [2.45, 2.75) is 5.41 Å². The molecule has 3 nitrogen and oxygen atoms in total. The van der Waals surface area contributed by atoms with Gasteiger partial charge in [0.15, 0.2) is 0 Å². The Morgan fingerprint density at radius 1 is 0.309 bits per heavy atom. The molecule has 0 bridgehead atoms. The van der Waals surface area contributed by atoms with Gasteiger partial charge in [0.25, 0.3) is 0 Å². The summed E-state index contributed by atoms with van der Waals surface area (Å²) in [6, 6.07) is 96.9. The lowest BCUT2D eigenvalue weighted by Crippen LogP contribution is -2.28. The zero-order valence-electron chi connectivity index (χ0n) is 37.2. The van der Waals surface area contributed by atoms with Crippen LogP contribution in [0, 0.1) is 0 Å². The molecule has 1 heterocycles. The molecule has 0 amide bonds. The summed E-state index contributed by atoms with van der Waals surface area (Å²) >= 11 is 0. The standard InChI is InChI=1S/C65H44N2O/c1-3-18-45(19-4-1)47-36-39-51(40-37-47)66(52-25-15-24-50(43-52)65(49-22-5-2-6-23-49)59-31-12-9-28-56(59)57-29-10-13-32-60(57)65)53-26-16-27-54(44-53)67(55-41-38-46-20-7-8-21-48(46)42-55)61-33-17-35-63-64(61)58-30-11-14-34-62(58)68-63/h1-44H. The molecule has 13 rings (SSSR count). The molecule has 3 heteroatoms. The predicted molar refractivity (Wildman–Crippen MR) is 283 cm³/mol. The van der Waals surface area contributed by atoms with E-state index in [0.717, 1.165) is 56.1 Å². The summed E-state index contributed by atoms with van der Waals surface area (Å²) in [5.74, 6) is 0. The lowest BCUT2D eigenvalue weighted by Gasteiger charge is -2.35.